The van der Waals surface area contributed by atoms with Crippen LogP contribution in [0.2, 0.25) is 0 Å². The van der Waals surface area contributed by atoms with Gasteiger partial charge in [-0.3, -0.25) is 19.5 Å². The second-order valence-corrected chi connectivity index (χ2v) is 7.76. The fourth-order valence-electron chi connectivity index (χ4n) is 4.56. The standard InChI is InChI=1S/C19H32N4O2/c1-2-20-18(21-12-14-23-16(24)7-6-8-17(23)25)22-13-11-19(15-22)9-4-3-5-10-19/h2-15H2,1H3,(H,20,21). The molecule has 2 aliphatic heterocycles. The molecule has 6 nitrogen and oxygen atoms in total. The van der Waals surface area contributed by atoms with Crippen molar-refractivity contribution in [1.82, 2.24) is 15.1 Å². The number of guanidine groups is 1. The Labute approximate surface area is 151 Å². The van der Waals surface area contributed by atoms with Crippen LogP contribution in [0.5, 0.6) is 0 Å². The van der Waals surface area contributed by atoms with Gasteiger partial charge in [0.1, 0.15) is 0 Å². The summed E-state index contributed by atoms with van der Waals surface area (Å²) in [6.45, 7) is 5.98. The van der Waals surface area contributed by atoms with Crippen LogP contribution in [0.1, 0.15) is 64.7 Å². The van der Waals surface area contributed by atoms with Crippen LogP contribution >= 0.6 is 0 Å². The van der Waals surface area contributed by atoms with Gasteiger partial charge in [-0.25, -0.2) is 0 Å². The second kappa shape index (κ2) is 8.19. The van der Waals surface area contributed by atoms with Gasteiger partial charge in [0, 0.05) is 39.0 Å². The molecule has 3 rings (SSSR count). The van der Waals surface area contributed by atoms with Gasteiger partial charge >= 0.3 is 0 Å². The monoisotopic (exact) mass is 348 g/mol. The zero-order valence-electron chi connectivity index (χ0n) is 15.6. The van der Waals surface area contributed by atoms with Crippen molar-refractivity contribution in [3.63, 3.8) is 0 Å². The number of nitrogens with zero attached hydrogens (tertiary/aromatic N) is 3. The summed E-state index contributed by atoms with van der Waals surface area (Å²) in [4.78, 5) is 32.3. The number of hydrogen-bond donors (Lipinski definition) is 1. The zero-order valence-corrected chi connectivity index (χ0v) is 15.6. The number of piperidine rings is 1. The highest BCUT2D eigenvalue weighted by Gasteiger charge is 2.39. The Kier molecular flexibility index (Phi) is 5.97. The summed E-state index contributed by atoms with van der Waals surface area (Å²) < 4.78 is 0. The van der Waals surface area contributed by atoms with E-state index in [-0.39, 0.29) is 11.8 Å². The van der Waals surface area contributed by atoms with Crippen molar-refractivity contribution in [2.75, 3.05) is 32.7 Å². The molecule has 3 aliphatic rings. The Bertz CT molecular complexity index is 510. The maximum absolute atomic E-state index is 11.9. The highest BCUT2D eigenvalue weighted by atomic mass is 16.2. The summed E-state index contributed by atoms with van der Waals surface area (Å²) in [6.07, 6.45) is 9.74. The third kappa shape index (κ3) is 4.33. The molecule has 1 saturated carbocycles. The quantitative estimate of drug-likeness (QED) is 0.480. The Morgan fingerprint density at radius 2 is 1.80 bits per heavy atom. The van der Waals surface area contributed by atoms with Crippen molar-refractivity contribution in [2.24, 2.45) is 10.4 Å². The highest BCUT2D eigenvalue weighted by Crippen LogP contribution is 2.43. The normalized spacial score (nSPS) is 24.3. The summed E-state index contributed by atoms with van der Waals surface area (Å²) in [5, 5.41) is 3.39. The van der Waals surface area contributed by atoms with E-state index in [1.54, 1.807) is 0 Å². The van der Waals surface area contributed by atoms with Crippen LogP contribution in [-0.4, -0.2) is 60.3 Å². The number of amides is 2. The van der Waals surface area contributed by atoms with Gasteiger partial charge in [0.2, 0.25) is 11.8 Å². The van der Waals surface area contributed by atoms with Gasteiger partial charge in [-0.1, -0.05) is 19.3 Å². The fourth-order valence-corrected chi connectivity index (χ4v) is 4.56. The molecule has 140 valence electrons. The van der Waals surface area contributed by atoms with E-state index in [4.69, 9.17) is 4.99 Å². The van der Waals surface area contributed by atoms with E-state index in [1.165, 1.54) is 43.4 Å². The van der Waals surface area contributed by atoms with Gasteiger partial charge in [-0.15, -0.1) is 0 Å². The molecule has 2 amide bonds. The first kappa shape index (κ1) is 18.2. The molecule has 2 heterocycles. The minimum atomic E-state index is -0.0428. The number of likely N-dealkylation sites (tertiary alicyclic amines) is 2. The predicted molar refractivity (Wildman–Crippen MR) is 98.3 cm³/mol. The molecule has 3 fully saturated rings. The van der Waals surface area contributed by atoms with Crippen LogP contribution in [-0.2, 0) is 9.59 Å². The molecule has 0 aromatic heterocycles. The van der Waals surface area contributed by atoms with Crippen LogP contribution < -0.4 is 5.32 Å². The molecule has 0 radical (unpaired) electrons. The topological polar surface area (TPSA) is 65.0 Å². The number of rotatable bonds is 4. The average molecular weight is 348 g/mol. The first-order valence-corrected chi connectivity index (χ1v) is 10.00. The molecule has 1 N–H and O–H groups in total. The van der Waals surface area contributed by atoms with E-state index in [9.17, 15) is 9.59 Å². The van der Waals surface area contributed by atoms with Crippen molar-refractivity contribution in [3.8, 4) is 0 Å². The first-order chi connectivity index (χ1) is 12.1. The lowest BCUT2D eigenvalue weighted by atomic mass is 9.73. The molecule has 0 bridgehead atoms. The molecule has 0 aromatic rings. The van der Waals surface area contributed by atoms with E-state index in [2.05, 4.69) is 17.1 Å². The van der Waals surface area contributed by atoms with Crippen LogP contribution in [0.3, 0.4) is 0 Å². The number of hydrogen-bond acceptors (Lipinski definition) is 3. The minimum Gasteiger partial charge on any atom is -0.357 e. The predicted octanol–water partition coefficient (Wildman–Crippen LogP) is 2.15. The average Bonchev–Trinajstić information content (AvgIpc) is 3.00. The third-order valence-electron chi connectivity index (χ3n) is 5.96. The number of imide groups is 1. The van der Waals surface area contributed by atoms with E-state index < -0.39 is 0 Å². The van der Waals surface area contributed by atoms with Gasteiger partial charge in [0.15, 0.2) is 5.96 Å². The van der Waals surface area contributed by atoms with Crippen molar-refractivity contribution in [2.45, 2.75) is 64.7 Å². The van der Waals surface area contributed by atoms with E-state index in [1.807, 2.05) is 0 Å². The smallest absolute Gasteiger partial charge is 0.229 e. The maximum atomic E-state index is 11.9. The minimum absolute atomic E-state index is 0.0428. The van der Waals surface area contributed by atoms with Crippen LogP contribution in [0.25, 0.3) is 0 Å². The number of nitrogens with one attached hydrogen (secondary N) is 1. The maximum Gasteiger partial charge on any atom is 0.229 e. The van der Waals surface area contributed by atoms with E-state index in [0.717, 1.165) is 25.6 Å². The SMILES string of the molecule is CCNC(=NCCN1C(=O)CCCC1=O)N1CCC2(CCCCC2)C1. The summed E-state index contributed by atoms with van der Waals surface area (Å²) in [5.74, 6) is 0.861. The molecule has 1 spiro atoms. The molecule has 25 heavy (non-hydrogen) atoms. The largest absolute Gasteiger partial charge is 0.357 e. The van der Waals surface area contributed by atoms with Gasteiger partial charge in [0.05, 0.1) is 6.54 Å². The van der Waals surface area contributed by atoms with Crippen molar-refractivity contribution in [3.05, 3.63) is 0 Å². The molecule has 6 heteroatoms. The molecule has 0 aromatic carbocycles. The Morgan fingerprint density at radius 3 is 2.48 bits per heavy atom. The zero-order chi connectivity index (χ0) is 17.7. The van der Waals surface area contributed by atoms with Crippen molar-refractivity contribution in [1.29, 1.82) is 0 Å². The number of aliphatic imine (C=N–C) groups is 1. The Balaban J connectivity index is 1.58. The van der Waals surface area contributed by atoms with Crippen LogP contribution in [0.4, 0.5) is 0 Å². The van der Waals surface area contributed by atoms with E-state index in [0.29, 0.717) is 37.8 Å². The molecular formula is C19H32N4O2. The van der Waals surface area contributed by atoms with E-state index >= 15 is 0 Å². The Morgan fingerprint density at radius 1 is 1.08 bits per heavy atom. The fraction of sp³-hybridized carbons (Fsp3) is 0.842. The van der Waals surface area contributed by atoms with Gasteiger partial charge in [0.25, 0.3) is 0 Å². The molecular weight excluding hydrogens is 316 g/mol. The highest BCUT2D eigenvalue weighted by molar-refractivity contribution is 5.97. The number of carbonyl (C=O) groups is 2. The molecule has 0 atom stereocenters. The second-order valence-electron chi connectivity index (χ2n) is 7.76. The lowest BCUT2D eigenvalue weighted by Crippen LogP contribution is -2.43. The summed E-state index contributed by atoms with van der Waals surface area (Å²) in [7, 11) is 0. The van der Waals surface area contributed by atoms with Crippen molar-refractivity contribution < 1.29 is 9.59 Å². The van der Waals surface area contributed by atoms with Crippen LogP contribution in [0.15, 0.2) is 4.99 Å². The van der Waals surface area contributed by atoms with Crippen molar-refractivity contribution >= 4 is 17.8 Å². The van der Waals surface area contributed by atoms with Gasteiger partial charge in [-0.2, -0.15) is 0 Å². The molecule has 0 unspecified atom stereocenters. The summed E-state index contributed by atoms with van der Waals surface area (Å²) in [5.41, 5.74) is 0.493. The summed E-state index contributed by atoms with van der Waals surface area (Å²) in [6, 6.07) is 0. The third-order valence-corrected chi connectivity index (χ3v) is 5.96. The lowest BCUT2D eigenvalue weighted by molar-refractivity contribution is -0.147. The van der Waals surface area contributed by atoms with Gasteiger partial charge in [-0.05, 0) is 38.0 Å². The Hall–Kier alpha value is -1.59. The first-order valence-electron chi connectivity index (χ1n) is 10.00. The molecule has 1 aliphatic carbocycles. The summed E-state index contributed by atoms with van der Waals surface area (Å²) >= 11 is 0. The lowest BCUT2D eigenvalue weighted by Gasteiger charge is -2.33. The molecule has 2 saturated heterocycles. The van der Waals surface area contributed by atoms with Gasteiger partial charge < -0.3 is 10.2 Å². The number of carbonyl (C=O) groups excluding carboxylic acids is 2. The van der Waals surface area contributed by atoms with Crippen LogP contribution in [0, 0.1) is 5.41 Å².